The van der Waals surface area contributed by atoms with Crippen LogP contribution in [0.2, 0.25) is 0 Å². The van der Waals surface area contributed by atoms with E-state index in [-0.39, 0.29) is 0 Å². The summed E-state index contributed by atoms with van der Waals surface area (Å²) >= 11 is 1.67. The second-order valence-corrected chi connectivity index (χ2v) is 3.42. The van der Waals surface area contributed by atoms with Crippen LogP contribution in [0.5, 0.6) is 0 Å². The number of hydrogen-bond donors (Lipinski definition) is 0. The van der Waals surface area contributed by atoms with E-state index in [9.17, 15) is 0 Å². The van der Waals surface area contributed by atoms with Gasteiger partial charge in [-0.05, 0) is 26.0 Å². The van der Waals surface area contributed by atoms with Gasteiger partial charge in [-0.3, -0.25) is 0 Å². The number of nitrogens with zero attached hydrogens (tertiary/aromatic N) is 1. The van der Waals surface area contributed by atoms with Crippen molar-refractivity contribution < 1.29 is 0 Å². The molecule has 0 unspecified atom stereocenters. The first-order valence-electron chi connectivity index (χ1n) is 5.50. The Morgan fingerprint density at radius 3 is 2.13 bits per heavy atom. The van der Waals surface area contributed by atoms with Crippen molar-refractivity contribution in [3.05, 3.63) is 28.2 Å². The van der Waals surface area contributed by atoms with Crippen LogP contribution in [0.4, 0.5) is 0 Å². The summed E-state index contributed by atoms with van der Waals surface area (Å²) in [6, 6.07) is 0. The number of aryl methyl sites for hydroxylation is 1. The Hall–Kier alpha value is -0.890. The van der Waals surface area contributed by atoms with E-state index in [1.807, 2.05) is 59.8 Å². The van der Waals surface area contributed by atoms with Gasteiger partial charge in [0.25, 0.3) is 0 Å². The number of thiazole rings is 1. The van der Waals surface area contributed by atoms with Crippen molar-refractivity contribution in [1.82, 2.24) is 4.98 Å². The van der Waals surface area contributed by atoms with Gasteiger partial charge in [-0.2, -0.15) is 0 Å². The molecule has 15 heavy (non-hydrogen) atoms. The van der Waals surface area contributed by atoms with E-state index < -0.39 is 0 Å². The van der Waals surface area contributed by atoms with Gasteiger partial charge in [0, 0.05) is 0 Å². The minimum absolute atomic E-state index is 1.03. The number of aromatic nitrogens is 1. The highest BCUT2D eigenvalue weighted by molar-refractivity contribution is 7.12. The van der Waals surface area contributed by atoms with E-state index in [1.54, 1.807) is 11.3 Å². The molecule has 0 fully saturated rings. The van der Waals surface area contributed by atoms with Crippen molar-refractivity contribution >= 4 is 23.5 Å². The van der Waals surface area contributed by atoms with E-state index in [0.717, 1.165) is 15.6 Å². The SMILES string of the molecule is C=Cc1sc(C)nc1/C=C\C.CC.CC. The van der Waals surface area contributed by atoms with Crippen molar-refractivity contribution in [1.29, 1.82) is 0 Å². The molecule has 0 bridgehead atoms. The summed E-state index contributed by atoms with van der Waals surface area (Å²) in [5.74, 6) is 0. The normalized spacial score (nSPS) is 8.67. The molecule has 0 spiro atoms. The van der Waals surface area contributed by atoms with Crippen molar-refractivity contribution in [3.63, 3.8) is 0 Å². The summed E-state index contributed by atoms with van der Waals surface area (Å²) in [4.78, 5) is 5.48. The van der Waals surface area contributed by atoms with Crippen LogP contribution in [0.1, 0.15) is 50.2 Å². The highest BCUT2D eigenvalue weighted by Gasteiger charge is 2.00. The monoisotopic (exact) mass is 225 g/mol. The molecule has 0 saturated heterocycles. The van der Waals surface area contributed by atoms with Gasteiger partial charge < -0.3 is 0 Å². The summed E-state index contributed by atoms with van der Waals surface area (Å²) in [5.41, 5.74) is 1.03. The summed E-state index contributed by atoms with van der Waals surface area (Å²) in [5, 5.41) is 1.09. The van der Waals surface area contributed by atoms with E-state index >= 15 is 0 Å². The maximum Gasteiger partial charge on any atom is 0.0907 e. The zero-order chi connectivity index (χ0) is 12.3. The fraction of sp³-hybridized carbons (Fsp3) is 0.462. The second-order valence-electron chi connectivity index (χ2n) is 2.19. The quantitative estimate of drug-likeness (QED) is 0.676. The summed E-state index contributed by atoms with van der Waals surface area (Å²) in [6.07, 6.45) is 5.84. The lowest BCUT2D eigenvalue weighted by Gasteiger charge is -1.84. The van der Waals surface area contributed by atoms with E-state index in [0.29, 0.717) is 0 Å². The fourth-order valence-corrected chi connectivity index (χ4v) is 1.65. The van der Waals surface area contributed by atoms with Gasteiger partial charge in [-0.15, -0.1) is 11.3 Å². The van der Waals surface area contributed by atoms with Crippen LogP contribution in [0.3, 0.4) is 0 Å². The molecule has 86 valence electrons. The van der Waals surface area contributed by atoms with Crippen LogP contribution in [0, 0.1) is 6.92 Å². The third kappa shape index (κ3) is 6.24. The maximum atomic E-state index is 4.33. The first-order chi connectivity index (χ1) is 7.27. The standard InChI is InChI=1S/C9H11NS.2C2H6/c1-4-6-8-9(5-2)11-7(3)10-8;2*1-2/h4-6H,2H2,1,3H3;2*1-2H3/b6-4-;;. The molecule has 0 radical (unpaired) electrons. The summed E-state index contributed by atoms with van der Waals surface area (Å²) in [7, 11) is 0. The Morgan fingerprint density at radius 2 is 1.73 bits per heavy atom. The first kappa shape index (κ1) is 16.5. The molecule has 0 aromatic carbocycles. The highest BCUT2D eigenvalue weighted by atomic mass is 32.1. The van der Waals surface area contributed by atoms with Gasteiger partial charge in [0.1, 0.15) is 0 Å². The summed E-state index contributed by atoms with van der Waals surface area (Å²) in [6.45, 7) is 15.7. The molecule has 1 aromatic heterocycles. The van der Waals surface area contributed by atoms with Crippen LogP contribution in [-0.4, -0.2) is 4.98 Å². The van der Waals surface area contributed by atoms with Crippen molar-refractivity contribution in [2.24, 2.45) is 0 Å². The van der Waals surface area contributed by atoms with Gasteiger partial charge in [0.15, 0.2) is 0 Å². The lowest BCUT2D eigenvalue weighted by molar-refractivity contribution is 1.27. The number of rotatable bonds is 2. The minimum Gasteiger partial charge on any atom is -0.242 e. The zero-order valence-electron chi connectivity index (χ0n) is 10.8. The molecule has 1 heterocycles. The van der Waals surface area contributed by atoms with Gasteiger partial charge in [-0.1, -0.05) is 40.3 Å². The highest BCUT2D eigenvalue weighted by Crippen LogP contribution is 2.19. The van der Waals surface area contributed by atoms with Crippen molar-refractivity contribution in [2.45, 2.75) is 41.5 Å². The smallest absolute Gasteiger partial charge is 0.0907 e. The topological polar surface area (TPSA) is 12.9 Å². The molecule has 1 aromatic rings. The largest absolute Gasteiger partial charge is 0.242 e. The molecular formula is C13H23NS. The Bertz CT molecular complexity index is 285. The lowest BCUT2D eigenvalue weighted by Crippen LogP contribution is -1.73. The van der Waals surface area contributed by atoms with E-state index in [2.05, 4.69) is 11.6 Å². The molecule has 1 rings (SSSR count). The Kier molecular flexibility index (Phi) is 12.3. The maximum absolute atomic E-state index is 4.33. The molecular weight excluding hydrogens is 202 g/mol. The van der Waals surface area contributed by atoms with Crippen molar-refractivity contribution in [2.75, 3.05) is 0 Å². The Labute approximate surface area is 98.6 Å². The van der Waals surface area contributed by atoms with Gasteiger partial charge in [0.2, 0.25) is 0 Å². The summed E-state index contributed by atoms with van der Waals surface area (Å²) < 4.78 is 0. The molecule has 0 atom stereocenters. The van der Waals surface area contributed by atoms with Gasteiger partial charge >= 0.3 is 0 Å². The third-order valence-electron chi connectivity index (χ3n) is 1.30. The average Bonchev–Trinajstić information content (AvgIpc) is 2.65. The molecule has 1 nitrogen and oxygen atoms in total. The fourth-order valence-electron chi connectivity index (χ4n) is 0.882. The van der Waals surface area contributed by atoms with Crippen LogP contribution < -0.4 is 0 Å². The molecule has 0 aliphatic heterocycles. The molecule has 0 N–H and O–H groups in total. The Morgan fingerprint density at radius 1 is 1.20 bits per heavy atom. The van der Waals surface area contributed by atoms with E-state index in [4.69, 9.17) is 0 Å². The average molecular weight is 225 g/mol. The van der Waals surface area contributed by atoms with E-state index in [1.165, 1.54) is 0 Å². The third-order valence-corrected chi connectivity index (χ3v) is 2.28. The van der Waals surface area contributed by atoms with Crippen LogP contribution in [0.15, 0.2) is 12.7 Å². The molecule has 0 aliphatic carbocycles. The Balaban J connectivity index is 0. The van der Waals surface area contributed by atoms with Crippen LogP contribution in [0.25, 0.3) is 12.2 Å². The predicted octanol–water partition coefficient (Wildman–Crippen LogP) is 5.18. The zero-order valence-corrected chi connectivity index (χ0v) is 11.6. The van der Waals surface area contributed by atoms with Gasteiger partial charge in [-0.25, -0.2) is 4.98 Å². The molecule has 0 saturated carbocycles. The van der Waals surface area contributed by atoms with Crippen LogP contribution >= 0.6 is 11.3 Å². The first-order valence-corrected chi connectivity index (χ1v) is 6.32. The number of hydrogen-bond acceptors (Lipinski definition) is 2. The van der Waals surface area contributed by atoms with Gasteiger partial charge in [0.05, 0.1) is 15.6 Å². The number of allylic oxidation sites excluding steroid dienone is 1. The lowest BCUT2D eigenvalue weighted by atomic mass is 10.3. The molecule has 0 amide bonds. The molecule has 0 aliphatic rings. The van der Waals surface area contributed by atoms with Crippen LogP contribution in [-0.2, 0) is 0 Å². The van der Waals surface area contributed by atoms with Crippen molar-refractivity contribution in [3.8, 4) is 0 Å². The molecule has 2 heteroatoms. The predicted molar refractivity (Wildman–Crippen MR) is 74.3 cm³/mol. The second kappa shape index (κ2) is 11.2. The minimum atomic E-state index is 1.03.